The number of para-hydroxylation sites is 1. The van der Waals surface area contributed by atoms with E-state index in [-0.39, 0.29) is 0 Å². The Labute approximate surface area is 104 Å². The van der Waals surface area contributed by atoms with Crippen LogP contribution in [0.15, 0.2) is 66.2 Å². The van der Waals surface area contributed by atoms with Gasteiger partial charge in [-0.05, 0) is 31.1 Å². The Morgan fingerprint density at radius 2 is 1.94 bits per heavy atom. The van der Waals surface area contributed by atoms with Crippen LogP contribution in [0, 0.1) is 0 Å². The standard InChI is InChI=1S/C13H13N.C3H6/c1-3-6-10(2)13-9-11-7-4-5-8-12(11)14-13;1-3-2/h3-8H,1,9H2,2H3;3H,1H2,2H3/b10-6+;. The first-order valence-corrected chi connectivity index (χ1v) is 5.75. The fourth-order valence-corrected chi connectivity index (χ4v) is 1.64. The van der Waals surface area contributed by atoms with Crippen molar-refractivity contribution in [2.45, 2.75) is 20.3 Å². The maximum absolute atomic E-state index is 4.57. The quantitative estimate of drug-likeness (QED) is 0.513. The number of hydrogen-bond acceptors (Lipinski definition) is 1. The first-order valence-electron chi connectivity index (χ1n) is 5.75. The molecule has 0 unspecified atom stereocenters. The van der Waals surface area contributed by atoms with Crippen LogP contribution in [0.1, 0.15) is 19.4 Å². The van der Waals surface area contributed by atoms with Crippen LogP contribution < -0.4 is 0 Å². The predicted molar refractivity (Wildman–Crippen MR) is 77.1 cm³/mol. The van der Waals surface area contributed by atoms with E-state index in [1.807, 2.05) is 19.1 Å². The lowest BCUT2D eigenvalue weighted by atomic mass is 10.1. The highest BCUT2D eigenvalue weighted by atomic mass is 14.8. The smallest absolute Gasteiger partial charge is 0.0669 e. The van der Waals surface area contributed by atoms with Gasteiger partial charge in [-0.2, -0.15) is 0 Å². The van der Waals surface area contributed by atoms with Crippen LogP contribution in [0.2, 0.25) is 0 Å². The summed E-state index contributed by atoms with van der Waals surface area (Å²) in [7, 11) is 0. The zero-order valence-electron chi connectivity index (χ0n) is 10.6. The van der Waals surface area contributed by atoms with E-state index in [9.17, 15) is 0 Å². The van der Waals surface area contributed by atoms with E-state index in [1.165, 1.54) is 11.1 Å². The summed E-state index contributed by atoms with van der Waals surface area (Å²) >= 11 is 0. The predicted octanol–water partition coefficient (Wildman–Crippen LogP) is 4.64. The monoisotopic (exact) mass is 225 g/mol. The van der Waals surface area contributed by atoms with Crippen LogP contribution in [-0.4, -0.2) is 5.71 Å². The van der Waals surface area contributed by atoms with E-state index in [1.54, 1.807) is 12.2 Å². The van der Waals surface area contributed by atoms with Gasteiger partial charge < -0.3 is 0 Å². The van der Waals surface area contributed by atoms with Crippen LogP contribution >= 0.6 is 0 Å². The van der Waals surface area contributed by atoms with Gasteiger partial charge >= 0.3 is 0 Å². The number of aliphatic imine (C=N–C) groups is 1. The molecule has 1 heteroatoms. The third-order valence-corrected chi connectivity index (χ3v) is 2.43. The molecule has 0 spiro atoms. The van der Waals surface area contributed by atoms with Crippen LogP contribution in [0.4, 0.5) is 5.69 Å². The first-order chi connectivity index (χ1) is 8.22. The Morgan fingerprint density at radius 1 is 1.29 bits per heavy atom. The molecule has 0 aromatic heterocycles. The molecule has 1 heterocycles. The maximum Gasteiger partial charge on any atom is 0.0669 e. The van der Waals surface area contributed by atoms with Crippen molar-refractivity contribution >= 4 is 11.4 Å². The number of benzene rings is 1. The number of nitrogens with zero attached hydrogens (tertiary/aromatic N) is 1. The number of hydrogen-bond donors (Lipinski definition) is 0. The van der Waals surface area contributed by atoms with Gasteiger partial charge in [0, 0.05) is 12.1 Å². The summed E-state index contributed by atoms with van der Waals surface area (Å²) in [5.41, 5.74) is 4.79. The Morgan fingerprint density at radius 3 is 2.53 bits per heavy atom. The van der Waals surface area contributed by atoms with E-state index in [4.69, 9.17) is 0 Å². The maximum atomic E-state index is 4.57. The molecule has 0 N–H and O–H groups in total. The van der Waals surface area contributed by atoms with Crippen molar-refractivity contribution in [2.75, 3.05) is 0 Å². The second-order valence-corrected chi connectivity index (χ2v) is 3.86. The van der Waals surface area contributed by atoms with Gasteiger partial charge in [-0.25, -0.2) is 0 Å². The van der Waals surface area contributed by atoms with E-state index < -0.39 is 0 Å². The first kappa shape index (κ1) is 13.2. The second kappa shape index (κ2) is 6.64. The van der Waals surface area contributed by atoms with E-state index >= 15 is 0 Å². The zero-order valence-corrected chi connectivity index (χ0v) is 10.6. The summed E-state index contributed by atoms with van der Waals surface area (Å²) in [6, 6.07) is 8.28. The average Bonchev–Trinajstić information content (AvgIpc) is 2.74. The Hall–Kier alpha value is -1.89. The second-order valence-electron chi connectivity index (χ2n) is 3.86. The number of fused-ring (bicyclic) bond motifs is 1. The van der Waals surface area contributed by atoms with Gasteiger partial charge in [0.1, 0.15) is 0 Å². The summed E-state index contributed by atoms with van der Waals surface area (Å²) in [4.78, 5) is 4.57. The van der Waals surface area contributed by atoms with Crippen molar-refractivity contribution < 1.29 is 0 Å². The highest BCUT2D eigenvalue weighted by Crippen LogP contribution is 2.27. The molecule has 88 valence electrons. The Bertz CT molecular complexity index is 464. The molecule has 0 bridgehead atoms. The van der Waals surface area contributed by atoms with Crippen LogP contribution in [0.3, 0.4) is 0 Å². The van der Waals surface area contributed by atoms with Gasteiger partial charge in [0.05, 0.1) is 5.69 Å². The van der Waals surface area contributed by atoms with E-state index in [2.05, 4.69) is 43.3 Å². The molecule has 2 rings (SSSR count). The van der Waals surface area contributed by atoms with Gasteiger partial charge in [0.25, 0.3) is 0 Å². The lowest BCUT2D eigenvalue weighted by Crippen LogP contribution is -1.98. The van der Waals surface area contributed by atoms with Crippen LogP contribution in [0.25, 0.3) is 0 Å². The summed E-state index contributed by atoms with van der Waals surface area (Å²) in [5.74, 6) is 0. The van der Waals surface area contributed by atoms with E-state index in [0.717, 1.165) is 17.8 Å². The lowest BCUT2D eigenvalue weighted by molar-refractivity contribution is 1.37. The third kappa shape index (κ3) is 3.56. The van der Waals surface area contributed by atoms with Crippen molar-refractivity contribution in [3.63, 3.8) is 0 Å². The summed E-state index contributed by atoms with van der Waals surface area (Å²) < 4.78 is 0. The fraction of sp³-hybridized carbons (Fsp3) is 0.188. The highest BCUT2D eigenvalue weighted by Gasteiger charge is 2.13. The van der Waals surface area contributed by atoms with Gasteiger partial charge in [-0.1, -0.05) is 43.0 Å². The molecule has 0 saturated heterocycles. The molecule has 0 amide bonds. The SMILES string of the molecule is C=C/C=C(\C)C1=Nc2ccccc2C1.C=CC. The summed E-state index contributed by atoms with van der Waals surface area (Å²) in [6.07, 6.45) is 6.51. The van der Waals surface area contributed by atoms with Crippen LogP contribution in [0.5, 0.6) is 0 Å². The topological polar surface area (TPSA) is 12.4 Å². The zero-order chi connectivity index (χ0) is 12.7. The van der Waals surface area contributed by atoms with Gasteiger partial charge in [-0.15, -0.1) is 6.58 Å². The highest BCUT2D eigenvalue weighted by molar-refractivity contribution is 6.05. The third-order valence-electron chi connectivity index (χ3n) is 2.43. The Balaban J connectivity index is 0.000000437. The van der Waals surface area contributed by atoms with Crippen molar-refractivity contribution in [2.24, 2.45) is 4.99 Å². The van der Waals surface area contributed by atoms with Crippen molar-refractivity contribution in [3.8, 4) is 0 Å². The fourth-order valence-electron chi connectivity index (χ4n) is 1.64. The lowest BCUT2D eigenvalue weighted by Gasteiger charge is -1.97. The van der Waals surface area contributed by atoms with Crippen molar-refractivity contribution in [1.29, 1.82) is 0 Å². The van der Waals surface area contributed by atoms with Gasteiger partial charge in [0.15, 0.2) is 0 Å². The molecule has 1 nitrogen and oxygen atoms in total. The summed E-state index contributed by atoms with van der Waals surface area (Å²) in [5, 5.41) is 0. The minimum atomic E-state index is 0.951. The molecule has 17 heavy (non-hydrogen) atoms. The van der Waals surface area contributed by atoms with Crippen molar-refractivity contribution in [3.05, 3.63) is 66.8 Å². The number of rotatable bonds is 2. The molecular weight excluding hydrogens is 206 g/mol. The molecule has 0 saturated carbocycles. The molecule has 1 aromatic carbocycles. The largest absolute Gasteiger partial charge is 0.253 e. The molecule has 0 radical (unpaired) electrons. The Kier molecular flexibility index (Phi) is 5.15. The van der Waals surface area contributed by atoms with Gasteiger partial charge in [0.2, 0.25) is 0 Å². The molecule has 0 aliphatic carbocycles. The van der Waals surface area contributed by atoms with Crippen molar-refractivity contribution in [1.82, 2.24) is 0 Å². The molecule has 0 atom stereocenters. The minimum Gasteiger partial charge on any atom is -0.253 e. The number of allylic oxidation sites excluding steroid dienone is 4. The van der Waals surface area contributed by atoms with E-state index in [0.29, 0.717) is 0 Å². The molecule has 0 fully saturated rings. The molecule has 1 aliphatic rings. The average molecular weight is 225 g/mol. The molecule has 1 aliphatic heterocycles. The molecular formula is C16H19N. The minimum absolute atomic E-state index is 0.951. The van der Waals surface area contributed by atoms with Crippen LogP contribution in [-0.2, 0) is 6.42 Å². The summed E-state index contributed by atoms with van der Waals surface area (Å²) in [6.45, 7) is 11.0. The molecule has 1 aromatic rings. The normalized spacial score (nSPS) is 13.1. The van der Waals surface area contributed by atoms with Gasteiger partial charge in [-0.3, -0.25) is 4.99 Å².